The number of benzene rings is 3. The van der Waals surface area contributed by atoms with E-state index in [0.717, 1.165) is 17.0 Å². The molecule has 0 N–H and O–H groups in total. The molecule has 0 saturated heterocycles. The first-order valence-corrected chi connectivity index (χ1v) is 9.37. The first-order valence-electron chi connectivity index (χ1n) is 8.99. The number of halogens is 1. The quantitative estimate of drug-likeness (QED) is 0.265. The van der Waals surface area contributed by atoms with Crippen molar-refractivity contribution >= 4 is 23.2 Å². The van der Waals surface area contributed by atoms with E-state index in [0.29, 0.717) is 16.7 Å². The van der Waals surface area contributed by atoms with E-state index >= 15 is 0 Å². The predicted octanol–water partition coefficient (Wildman–Crippen LogP) is 7.05. The SMILES string of the molecule is C/C(=C/Oc1ccc(C)cc1)C(=Nc1ccc(C)cc1)Oc1ccc(Cl)cc1. The summed E-state index contributed by atoms with van der Waals surface area (Å²) in [5.41, 5.74) is 3.92. The van der Waals surface area contributed by atoms with Crippen LogP contribution in [0.15, 0.2) is 89.6 Å². The average molecular weight is 392 g/mol. The molecule has 4 heteroatoms. The van der Waals surface area contributed by atoms with Gasteiger partial charge in [0.1, 0.15) is 11.5 Å². The molecule has 0 aliphatic heterocycles. The molecule has 0 heterocycles. The van der Waals surface area contributed by atoms with Crippen LogP contribution >= 0.6 is 11.6 Å². The Bertz CT molecular complexity index is 973. The molecule has 0 saturated carbocycles. The molecule has 0 radical (unpaired) electrons. The van der Waals surface area contributed by atoms with Crippen LogP contribution in [0.4, 0.5) is 5.69 Å². The molecule has 3 rings (SSSR count). The minimum absolute atomic E-state index is 0.457. The van der Waals surface area contributed by atoms with Crippen LogP contribution in [0.25, 0.3) is 0 Å². The highest BCUT2D eigenvalue weighted by Crippen LogP contribution is 2.21. The second-order valence-corrected chi connectivity index (χ2v) is 6.98. The third-order valence-corrected chi connectivity index (χ3v) is 4.27. The number of hydrogen-bond donors (Lipinski definition) is 0. The highest BCUT2D eigenvalue weighted by molar-refractivity contribution is 6.30. The van der Waals surface area contributed by atoms with Gasteiger partial charge in [0.2, 0.25) is 5.90 Å². The molecule has 0 amide bonds. The molecule has 0 aliphatic carbocycles. The summed E-state index contributed by atoms with van der Waals surface area (Å²) in [4.78, 5) is 4.66. The lowest BCUT2D eigenvalue weighted by atomic mass is 10.2. The van der Waals surface area contributed by atoms with Gasteiger partial charge in [-0.05, 0) is 69.3 Å². The number of hydrogen-bond acceptors (Lipinski definition) is 3. The van der Waals surface area contributed by atoms with Crippen molar-refractivity contribution < 1.29 is 9.47 Å². The van der Waals surface area contributed by atoms with Gasteiger partial charge in [0, 0.05) is 10.6 Å². The van der Waals surface area contributed by atoms with E-state index < -0.39 is 0 Å². The summed E-state index contributed by atoms with van der Waals surface area (Å²) < 4.78 is 11.8. The predicted molar refractivity (Wildman–Crippen MR) is 116 cm³/mol. The number of aryl methyl sites for hydroxylation is 2. The standard InChI is InChI=1S/C24H22ClNO2/c1-17-4-10-21(11-5-17)26-24(28-23-14-8-20(25)9-15-23)19(3)16-27-22-12-6-18(2)7-13-22/h4-16H,1-3H3/b19-16-,26-24?. The van der Waals surface area contributed by atoms with Crippen molar-refractivity contribution in [3.05, 3.63) is 101 Å². The van der Waals surface area contributed by atoms with Gasteiger partial charge in [-0.1, -0.05) is 47.0 Å². The highest BCUT2D eigenvalue weighted by atomic mass is 35.5. The van der Waals surface area contributed by atoms with Crippen LogP contribution in [0.5, 0.6) is 11.5 Å². The fourth-order valence-corrected chi connectivity index (χ4v) is 2.49. The molecule has 0 atom stereocenters. The minimum Gasteiger partial charge on any atom is -0.465 e. The van der Waals surface area contributed by atoms with Gasteiger partial charge in [-0.3, -0.25) is 0 Å². The molecule has 0 spiro atoms. The van der Waals surface area contributed by atoms with Crippen LogP contribution in [0.1, 0.15) is 18.1 Å². The topological polar surface area (TPSA) is 30.8 Å². The summed E-state index contributed by atoms with van der Waals surface area (Å²) in [5, 5.41) is 0.652. The fourth-order valence-electron chi connectivity index (χ4n) is 2.37. The van der Waals surface area contributed by atoms with E-state index in [2.05, 4.69) is 4.99 Å². The van der Waals surface area contributed by atoms with Crippen LogP contribution in [0, 0.1) is 13.8 Å². The van der Waals surface area contributed by atoms with E-state index in [9.17, 15) is 0 Å². The van der Waals surface area contributed by atoms with Gasteiger partial charge in [-0.15, -0.1) is 0 Å². The molecule has 3 nitrogen and oxygen atoms in total. The van der Waals surface area contributed by atoms with Crippen LogP contribution in [0.2, 0.25) is 5.02 Å². The largest absolute Gasteiger partial charge is 0.465 e. The average Bonchev–Trinajstić information content (AvgIpc) is 2.70. The van der Waals surface area contributed by atoms with Crippen molar-refractivity contribution in [3.8, 4) is 11.5 Å². The molecule has 0 aromatic heterocycles. The van der Waals surface area contributed by atoms with Crippen LogP contribution in [-0.4, -0.2) is 5.90 Å². The number of rotatable bonds is 5. The molecule has 3 aromatic carbocycles. The van der Waals surface area contributed by atoms with Crippen LogP contribution < -0.4 is 9.47 Å². The van der Waals surface area contributed by atoms with E-state index in [1.54, 1.807) is 30.5 Å². The Morgan fingerprint density at radius 1 is 0.786 bits per heavy atom. The van der Waals surface area contributed by atoms with Gasteiger partial charge in [-0.2, -0.15) is 0 Å². The summed E-state index contributed by atoms with van der Waals surface area (Å²) in [7, 11) is 0. The summed E-state index contributed by atoms with van der Waals surface area (Å²) in [6.45, 7) is 5.98. The van der Waals surface area contributed by atoms with Crippen molar-refractivity contribution in [1.29, 1.82) is 0 Å². The van der Waals surface area contributed by atoms with E-state index in [1.807, 2.05) is 69.3 Å². The van der Waals surface area contributed by atoms with E-state index in [-0.39, 0.29) is 0 Å². The summed E-state index contributed by atoms with van der Waals surface area (Å²) in [6, 6.07) is 23.0. The molecule has 0 bridgehead atoms. The zero-order chi connectivity index (χ0) is 19.9. The lowest BCUT2D eigenvalue weighted by Gasteiger charge is -2.10. The Kier molecular flexibility index (Phi) is 6.51. The monoisotopic (exact) mass is 391 g/mol. The second kappa shape index (κ2) is 9.25. The zero-order valence-corrected chi connectivity index (χ0v) is 16.9. The molecule has 0 aliphatic rings. The lowest BCUT2D eigenvalue weighted by molar-refractivity contribution is 0.473. The van der Waals surface area contributed by atoms with Gasteiger partial charge < -0.3 is 9.47 Å². The maximum Gasteiger partial charge on any atom is 0.225 e. The molecule has 28 heavy (non-hydrogen) atoms. The maximum atomic E-state index is 6.02. The van der Waals surface area contributed by atoms with Gasteiger partial charge in [-0.25, -0.2) is 4.99 Å². The van der Waals surface area contributed by atoms with Crippen molar-refractivity contribution in [3.63, 3.8) is 0 Å². The van der Waals surface area contributed by atoms with Gasteiger partial charge in [0.05, 0.1) is 11.9 Å². The first kappa shape index (κ1) is 19.7. The number of aliphatic imine (C=N–C) groups is 1. The molecular weight excluding hydrogens is 370 g/mol. The Labute approximate surface area is 170 Å². The van der Waals surface area contributed by atoms with E-state index in [4.69, 9.17) is 21.1 Å². The maximum absolute atomic E-state index is 6.02. The lowest BCUT2D eigenvalue weighted by Crippen LogP contribution is -2.10. The summed E-state index contributed by atoms with van der Waals surface area (Å²) in [6.07, 6.45) is 1.65. The Hall–Kier alpha value is -3.04. The Morgan fingerprint density at radius 3 is 1.93 bits per heavy atom. The number of ether oxygens (including phenoxy) is 2. The molecule has 142 valence electrons. The Balaban J connectivity index is 1.87. The molecule has 0 fully saturated rings. The van der Waals surface area contributed by atoms with Gasteiger partial charge in [0.25, 0.3) is 0 Å². The fraction of sp³-hybridized carbons (Fsp3) is 0.125. The van der Waals surface area contributed by atoms with Gasteiger partial charge in [0.15, 0.2) is 0 Å². The van der Waals surface area contributed by atoms with Crippen molar-refractivity contribution in [2.75, 3.05) is 0 Å². The van der Waals surface area contributed by atoms with Crippen molar-refractivity contribution in [1.82, 2.24) is 0 Å². The van der Waals surface area contributed by atoms with Crippen LogP contribution in [-0.2, 0) is 0 Å². The first-order chi connectivity index (χ1) is 13.5. The third kappa shape index (κ3) is 5.73. The third-order valence-electron chi connectivity index (χ3n) is 4.02. The molecular formula is C24H22ClNO2. The van der Waals surface area contributed by atoms with Crippen molar-refractivity contribution in [2.24, 2.45) is 4.99 Å². The summed E-state index contributed by atoms with van der Waals surface area (Å²) in [5.74, 6) is 1.86. The molecule has 3 aromatic rings. The van der Waals surface area contributed by atoms with E-state index in [1.165, 1.54) is 11.1 Å². The Morgan fingerprint density at radius 2 is 1.32 bits per heavy atom. The smallest absolute Gasteiger partial charge is 0.225 e. The summed E-state index contributed by atoms with van der Waals surface area (Å²) >= 11 is 5.97. The second-order valence-electron chi connectivity index (χ2n) is 6.54. The number of nitrogens with zero attached hydrogens (tertiary/aromatic N) is 1. The highest BCUT2D eigenvalue weighted by Gasteiger charge is 2.08. The zero-order valence-electron chi connectivity index (χ0n) is 16.1. The van der Waals surface area contributed by atoms with Gasteiger partial charge >= 0.3 is 0 Å². The minimum atomic E-state index is 0.457. The normalized spacial score (nSPS) is 12.0. The van der Waals surface area contributed by atoms with Crippen molar-refractivity contribution in [2.45, 2.75) is 20.8 Å². The van der Waals surface area contributed by atoms with Crippen LogP contribution in [0.3, 0.4) is 0 Å². The molecule has 0 unspecified atom stereocenters.